The Balaban J connectivity index is 2.27. The van der Waals surface area contributed by atoms with Gasteiger partial charge in [-0.2, -0.15) is 0 Å². The maximum atomic E-state index is 11.0. The van der Waals surface area contributed by atoms with Crippen molar-refractivity contribution in [3.63, 3.8) is 0 Å². The Hall–Kier alpha value is -2.01. The number of aryl methyl sites for hydroxylation is 2. The highest BCUT2D eigenvalue weighted by atomic mass is 31.2. The summed E-state index contributed by atoms with van der Waals surface area (Å²) in [6.07, 6.45) is -0.650. The fraction of sp³-hybridized carbons (Fsp3) is 0.368. The molecule has 26 heavy (non-hydrogen) atoms. The van der Waals surface area contributed by atoms with E-state index in [-0.39, 0.29) is 0 Å². The molecule has 0 radical (unpaired) electrons. The van der Waals surface area contributed by atoms with Gasteiger partial charge in [-0.15, -0.1) is 0 Å². The van der Waals surface area contributed by atoms with Crippen molar-refractivity contribution in [2.75, 3.05) is 13.5 Å². The van der Waals surface area contributed by atoms with E-state index in [2.05, 4.69) is 13.8 Å². The molecule has 0 fully saturated rings. The average Bonchev–Trinajstić information content (AvgIpc) is 2.55. The van der Waals surface area contributed by atoms with Crippen LogP contribution in [0.15, 0.2) is 30.3 Å². The molecule has 2 rings (SSSR count). The third kappa shape index (κ3) is 5.24. The van der Waals surface area contributed by atoms with E-state index in [4.69, 9.17) is 24.0 Å². The van der Waals surface area contributed by atoms with Crippen molar-refractivity contribution in [2.45, 2.75) is 33.6 Å². The Labute approximate surface area is 153 Å². The summed E-state index contributed by atoms with van der Waals surface area (Å²) in [7, 11) is -2.57. The Morgan fingerprint density at radius 1 is 1.04 bits per heavy atom. The highest BCUT2D eigenvalue weighted by molar-refractivity contribution is 7.51. The van der Waals surface area contributed by atoms with Crippen LogP contribution >= 0.6 is 7.60 Å². The lowest BCUT2D eigenvalue weighted by Gasteiger charge is -2.17. The molecule has 6 nitrogen and oxygen atoms in total. The first kappa shape index (κ1) is 20.3. The van der Waals surface area contributed by atoms with Gasteiger partial charge in [-0.1, -0.05) is 13.8 Å². The number of benzene rings is 2. The molecule has 0 unspecified atom stereocenters. The summed E-state index contributed by atoms with van der Waals surface area (Å²) in [5.74, 6) is 2.90. The second kappa shape index (κ2) is 8.12. The smallest absolute Gasteiger partial charge is 0.362 e. The zero-order chi connectivity index (χ0) is 19.5. The maximum absolute atomic E-state index is 11.0. The Morgan fingerprint density at radius 3 is 2.15 bits per heavy atom. The number of rotatable bonds is 7. The summed E-state index contributed by atoms with van der Waals surface area (Å²) in [6, 6.07) is 9.09. The molecule has 2 N–H and O–H groups in total. The van der Waals surface area contributed by atoms with Crippen LogP contribution in [-0.4, -0.2) is 23.2 Å². The van der Waals surface area contributed by atoms with E-state index in [0.717, 1.165) is 22.4 Å². The van der Waals surface area contributed by atoms with Gasteiger partial charge < -0.3 is 24.0 Å². The van der Waals surface area contributed by atoms with Gasteiger partial charge in [0.2, 0.25) is 0 Å². The fourth-order valence-corrected chi connectivity index (χ4v) is 2.98. The van der Waals surface area contributed by atoms with Crippen molar-refractivity contribution in [3.8, 4) is 23.0 Å². The van der Waals surface area contributed by atoms with E-state index in [1.165, 1.54) is 0 Å². The minimum Gasteiger partial charge on any atom is -0.496 e. The van der Waals surface area contributed by atoms with Crippen LogP contribution in [0.2, 0.25) is 0 Å². The first-order chi connectivity index (χ1) is 12.1. The van der Waals surface area contributed by atoms with Gasteiger partial charge in [0.05, 0.1) is 7.11 Å². The number of methoxy groups -OCH3 is 1. The molecule has 142 valence electrons. The zero-order valence-electron chi connectivity index (χ0n) is 15.6. The molecule has 0 saturated heterocycles. The van der Waals surface area contributed by atoms with Gasteiger partial charge >= 0.3 is 7.60 Å². The lowest BCUT2D eigenvalue weighted by Crippen LogP contribution is -2.00. The first-order valence-corrected chi connectivity index (χ1v) is 10.0. The summed E-state index contributed by atoms with van der Waals surface area (Å²) in [4.78, 5) is 17.9. The van der Waals surface area contributed by atoms with Crippen molar-refractivity contribution in [1.82, 2.24) is 0 Å². The average molecular weight is 380 g/mol. The third-order valence-electron chi connectivity index (χ3n) is 3.88. The van der Waals surface area contributed by atoms with E-state index in [0.29, 0.717) is 23.2 Å². The second-order valence-corrected chi connectivity index (χ2v) is 8.07. The van der Waals surface area contributed by atoms with Crippen molar-refractivity contribution in [3.05, 3.63) is 47.0 Å². The lowest BCUT2D eigenvalue weighted by molar-refractivity contribution is 0.300. The first-order valence-electron chi connectivity index (χ1n) is 8.25. The molecule has 0 saturated carbocycles. The summed E-state index contributed by atoms with van der Waals surface area (Å²) in [6.45, 7) is 7.90. The maximum Gasteiger partial charge on any atom is 0.362 e. The van der Waals surface area contributed by atoms with Gasteiger partial charge in [-0.05, 0) is 61.2 Å². The van der Waals surface area contributed by atoms with Crippen molar-refractivity contribution in [1.29, 1.82) is 0 Å². The van der Waals surface area contributed by atoms with Crippen LogP contribution in [0.4, 0.5) is 0 Å². The van der Waals surface area contributed by atoms with E-state index in [9.17, 15) is 4.57 Å². The summed E-state index contributed by atoms with van der Waals surface area (Å²) in [5, 5.41) is 0. The van der Waals surface area contributed by atoms with E-state index >= 15 is 0 Å². The Bertz CT molecular complexity index is 802. The Morgan fingerprint density at radius 2 is 1.65 bits per heavy atom. The SMILES string of the molecule is COc1ccc(Oc2c(C)cc(OCP(=O)(O)O)cc2C)cc1C(C)C. The number of hydrogen-bond donors (Lipinski definition) is 2. The van der Waals surface area contributed by atoms with Gasteiger partial charge in [0, 0.05) is 5.56 Å². The van der Waals surface area contributed by atoms with Crippen LogP contribution in [0, 0.1) is 13.8 Å². The van der Waals surface area contributed by atoms with Crippen molar-refractivity contribution in [2.24, 2.45) is 0 Å². The van der Waals surface area contributed by atoms with Crippen LogP contribution in [0.5, 0.6) is 23.0 Å². The molecule has 0 aliphatic carbocycles. The number of hydrogen-bond acceptors (Lipinski definition) is 4. The van der Waals surface area contributed by atoms with Crippen LogP contribution in [0.1, 0.15) is 36.5 Å². The minimum absolute atomic E-state index is 0.291. The van der Waals surface area contributed by atoms with Crippen LogP contribution in [0.25, 0.3) is 0 Å². The quantitative estimate of drug-likeness (QED) is 0.675. The van der Waals surface area contributed by atoms with E-state index in [1.54, 1.807) is 19.2 Å². The third-order valence-corrected chi connectivity index (χ3v) is 4.34. The topological polar surface area (TPSA) is 85.2 Å². The molecule has 7 heteroatoms. The number of ether oxygens (including phenoxy) is 3. The lowest BCUT2D eigenvalue weighted by atomic mass is 10.0. The van der Waals surface area contributed by atoms with Gasteiger partial charge in [0.15, 0.2) is 6.35 Å². The van der Waals surface area contributed by atoms with E-state index < -0.39 is 13.9 Å². The monoisotopic (exact) mass is 380 g/mol. The fourth-order valence-electron chi connectivity index (χ4n) is 2.66. The predicted molar refractivity (Wildman–Crippen MR) is 101 cm³/mol. The second-order valence-electron chi connectivity index (χ2n) is 6.48. The molecule has 2 aromatic carbocycles. The highest BCUT2D eigenvalue weighted by Crippen LogP contribution is 2.38. The molecule has 0 heterocycles. The Kier molecular flexibility index (Phi) is 6.34. The van der Waals surface area contributed by atoms with Crippen LogP contribution < -0.4 is 14.2 Å². The molecular formula is C19H25O6P. The zero-order valence-corrected chi connectivity index (χ0v) is 16.5. The minimum atomic E-state index is -4.22. The molecule has 0 aliphatic rings. The van der Waals surface area contributed by atoms with Crippen molar-refractivity contribution < 1.29 is 28.6 Å². The predicted octanol–water partition coefficient (Wildman–Crippen LogP) is 4.74. The molecule has 0 aromatic heterocycles. The molecule has 0 atom stereocenters. The van der Waals surface area contributed by atoms with E-state index in [1.807, 2.05) is 32.0 Å². The summed E-state index contributed by atoms with van der Waals surface area (Å²) >= 11 is 0. The standard InChI is InChI=1S/C19H25O6P/c1-12(2)17-10-15(6-7-18(17)23-5)25-19-13(3)8-16(9-14(19)4)24-11-26(20,21)22/h6-10,12H,11H2,1-5H3,(H2,20,21,22). The molecular weight excluding hydrogens is 355 g/mol. The normalized spacial score (nSPS) is 11.5. The summed E-state index contributed by atoms with van der Waals surface area (Å²) in [5.41, 5.74) is 2.68. The highest BCUT2D eigenvalue weighted by Gasteiger charge is 2.16. The molecule has 0 bridgehead atoms. The van der Waals surface area contributed by atoms with Gasteiger partial charge in [0.25, 0.3) is 0 Å². The van der Waals surface area contributed by atoms with Crippen molar-refractivity contribution >= 4 is 7.60 Å². The molecule has 0 spiro atoms. The van der Waals surface area contributed by atoms with Crippen LogP contribution in [-0.2, 0) is 4.57 Å². The van der Waals surface area contributed by atoms with Gasteiger partial charge in [-0.3, -0.25) is 4.57 Å². The molecule has 0 aliphatic heterocycles. The molecule has 2 aromatic rings. The van der Waals surface area contributed by atoms with Crippen LogP contribution in [0.3, 0.4) is 0 Å². The van der Waals surface area contributed by atoms with Gasteiger partial charge in [0.1, 0.15) is 23.0 Å². The largest absolute Gasteiger partial charge is 0.496 e. The summed E-state index contributed by atoms with van der Waals surface area (Å²) < 4.78 is 27.6. The van der Waals surface area contributed by atoms with Gasteiger partial charge in [-0.25, -0.2) is 0 Å². The molecule has 0 amide bonds.